The van der Waals surface area contributed by atoms with Crippen LogP contribution in [0.25, 0.3) is 0 Å². The van der Waals surface area contributed by atoms with Crippen molar-refractivity contribution < 1.29 is 5.11 Å². The van der Waals surface area contributed by atoms with E-state index < -0.39 is 8.07 Å². The zero-order valence-electron chi connectivity index (χ0n) is 10.6. The van der Waals surface area contributed by atoms with Crippen LogP contribution in [0.4, 0.5) is 0 Å². The zero-order valence-corrected chi connectivity index (χ0v) is 11.6. The maximum absolute atomic E-state index is 9.89. The topological polar surface area (TPSA) is 20.2 Å². The third kappa shape index (κ3) is 4.98. The molecule has 1 aliphatic carbocycles. The Balaban J connectivity index is 2.36. The van der Waals surface area contributed by atoms with E-state index in [1.54, 1.807) is 0 Å². The van der Waals surface area contributed by atoms with Crippen molar-refractivity contribution in [1.29, 1.82) is 0 Å². The van der Waals surface area contributed by atoms with Gasteiger partial charge in [-0.2, -0.15) is 0 Å². The van der Waals surface area contributed by atoms with Crippen molar-refractivity contribution in [3.8, 4) is 0 Å². The Morgan fingerprint density at radius 1 is 1.27 bits per heavy atom. The van der Waals surface area contributed by atoms with Gasteiger partial charge in [-0.3, -0.25) is 0 Å². The molecule has 1 N–H and O–H groups in total. The highest BCUT2D eigenvalue weighted by Gasteiger charge is 2.24. The molecule has 1 saturated carbocycles. The molecule has 0 aromatic heterocycles. The smallest absolute Gasteiger partial charge is 0.0571 e. The van der Waals surface area contributed by atoms with Crippen LogP contribution < -0.4 is 0 Å². The number of allylic oxidation sites excluding steroid dienone is 1. The first kappa shape index (κ1) is 13.0. The molecule has 15 heavy (non-hydrogen) atoms. The summed E-state index contributed by atoms with van der Waals surface area (Å²) < 4.78 is 0. The Kier molecular flexibility index (Phi) is 4.59. The van der Waals surface area contributed by atoms with Crippen molar-refractivity contribution in [3.63, 3.8) is 0 Å². The first-order chi connectivity index (χ1) is 6.88. The van der Waals surface area contributed by atoms with Gasteiger partial charge in [-0.25, -0.2) is 0 Å². The van der Waals surface area contributed by atoms with Crippen molar-refractivity contribution in [2.45, 2.75) is 63.9 Å². The summed E-state index contributed by atoms with van der Waals surface area (Å²) in [7, 11) is -1.01. The van der Waals surface area contributed by atoms with E-state index in [0.717, 1.165) is 12.8 Å². The summed E-state index contributed by atoms with van der Waals surface area (Å²) in [6.45, 7) is 11.3. The molecule has 0 radical (unpaired) electrons. The highest BCUT2D eigenvalue weighted by molar-refractivity contribution is 6.76. The number of aliphatic hydroxyl groups excluding tert-OH is 1. The third-order valence-electron chi connectivity index (χ3n) is 3.20. The number of hydrogen-bond acceptors (Lipinski definition) is 1. The molecule has 1 fully saturated rings. The van der Waals surface area contributed by atoms with E-state index in [-0.39, 0.29) is 6.10 Å². The van der Waals surface area contributed by atoms with Crippen molar-refractivity contribution >= 4 is 8.07 Å². The molecule has 0 amide bonds. The van der Waals surface area contributed by atoms with Gasteiger partial charge < -0.3 is 5.11 Å². The Bertz CT molecular complexity index is 217. The van der Waals surface area contributed by atoms with Crippen LogP contribution in [0.15, 0.2) is 12.2 Å². The predicted octanol–water partition coefficient (Wildman–Crippen LogP) is 3.82. The van der Waals surface area contributed by atoms with E-state index in [4.69, 9.17) is 0 Å². The Labute approximate surface area is 95.6 Å². The summed E-state index contributed by atoms with van der Waals surface area (Å²) in [6, 6.07) is 1.22. The van der Waals surface area contributed by atoms with Gasteiger partial charge in [0.25, 0.3) is 0 Å². The normalized spacial score (nSPS) is 27.7. The minimum Gasteiger partial charge on any atom is -0.393 e. The maximum Gasteiger partial charge on any atom is 0.0571 e. The molecule has 0 saturated heterocycles. The summed E-state index contributed by atoms with van der Waals surface area (Å²) in [6.07, 6.45) is 5.71. The van der Waals surface area contributed by atoms with Gasteiger partial charge in [-0.1, -0.05) is 38.1 Å². The predicted molar refractivity (Wildman–Crippen MR) is 69.9 cm³/mol. The van der Waals surface area contributed by atoms with Crippen LogP contribution in [0.3, 0.4) is 0 Å². The maximum atomic E-state index is 9.89. The van der Waals surface area contributed by atoms with Crippen LogP contribution in [-0.4, -0.2) is 19.3 Å². The third-order valence-corrected chi connectivity index (χ3v) is 4.76. The molecular formula is C13H26OSi. The van der Waals surface area contributed by atoms with E-state index in [9.17, 15) is 5.11 Å². The SMILES string of the molecule is C=C(CC1CCCCC1O)C[Si](C)(C)C. The second-order valence-corrected chi connectivity index (χ2v) is 11.8. The van der Waals surface area contributed by atoms with Crippen LogP contribution in [0.1, 0.15) is 32.1 Å². The van der Waals surface area contributed by atoms with Gasteiger partial charge in [0.15, 0.2) is 0 Å². The first-order valence-electron chi connectivity index (χ1n) is 6.23. The summed E-state index contributed by atoms with van der Waals surface area (Å²) in [5.74, 6) is 0.502. The lowest BCUT2D eigenvalue weighted by molar-refractivity contribution is 0.0700. The van der Waals surface area contributed by atoms with Crippen molar-refractivity contribution in [2.24, 2.45) is 5.92 Å². The lowest BCUT2D eigenvalue weighted by atomic mass is 9.83. The van der Waals surface area contributed by atoms with Gasteiger partial charge in [-0.05, 0) is 31.2 Å². The fourth-order valence-electron chi connectivity index (χ4n) is 2.62. The molecule has 0 spiro atoms. The zero-order chi connectivity index (χ0) is 11.5. The van der Waals surface area contributed by atoms with Crippen molar-refractivity contribution in [1.82, 2.24) is 0 Å². The Morgan fingerprint density at radius 2 is 1.87 bits per heavy atom. The molecule has 0 heterocycles. The highest BCUT2D eigenvalue weighted by Crippen LogP contribution is 2.31. The van der Waals surface area contributed by atoms with E-state index in [0.29, 0.717) is 5.92 Å². The lowest BCUT2D eigenvalue weighted by Crippen LogP contribution is -2.26. The van der Waals surface area contributed by atoms with Crippen LogP contribution >= 0.6 is 0 Å². The molecule has 2 unspecified atom stereocenters. The highest BCUT2D eigenvalue weighted by atomic mass is 28.3. The van der Waals surface area contributed by atoms with Crippen LogP contribution in [-0.2, 0) is 0 Å². The van der Waals surface area contributed by atoms with E-state index in [1.807, 2.05) is 0 Å². The molecule has 1 rings (SSSR count). The number of rotatable bonds is 4. The molecule has 0 aromatic carbocycles. The molecule has 0 aliphatic heterocycles. The van der Waals surface area contributed by atoms with Gasteiger partial charge in [0.1, 0.15) is 0 Å². The lowest BCUT2D eigenvalue weighted by Gasteiger charge is -2.29. The number of hydrogen-bond donors (Lipinski definition) is 1. The fourth-order valence-corrected chi connectivity index (χ4v) is 4.26. The van der Waals surface area contributed by atoms with Crippen molar-refractivity contribution in [3.05, 3.63) is 12.2 Å². The summed E-state index contributed by atoms with van der Waals surface area (Å²) in [4.78, 5) is 0. The largest absolute Gasteiger partial charge is 0.393 e. The summed E-state index contributed by atoms with van der Waals surface area (Å²) in [5.41, 5.74) is 1.38. The monoisotopic (exact) mass is 226 g/mol. The quantitative estimate of drug-likeness (QED) is 0.571. The van der Waals surface area contributed by atoms with Gasteiger partial charge in [-0.15, -0.1) is 6.58 Å². The molecular weight excluding hydrogens is 200 g/mol. The fraction of sp³-hybridized carbons (Fsp3) is 0.846. The van der Waals surface area contributed by atoms with E-state index >= 15 is 0 Å². The molecule has 88 valence electrons. The van der Waals surface area contributed by atoms with Crippen molar-refractivity contribution in [2.75, 3.05) is 0 Å². The molecule has 1 nitrogen and oxygen atoms in total. The van der Waals surface area contributed by atoms with E-state index in [1.165, 1.54) is 30.9 Å². The molecule has 0 bridgehead atoms. The minimum atomic E-state index is -1.01. The minimum absolute atomic E-state index is 0.0582. The average Bonchev–Trinajstić information content (AvgIpc) is 2.05. The van der Waals surface area contributed by atoms with Gasteiger partial charge in [0.05, 0.1) is 6.10 Å². The Hall–Kier alpha value is -0.0831. The van der Waals surface area contributed by atoms with Gasteiger partial charge >= 0.3 is 0 Å². The Morgan fingerprint density at radius 3 is 2.40 bits per heavy atom. The van der Waals surface area contributed by atoms with Crippen LogP contribution in [0.5, 0.6) is 0 Å². The molecule has 2 heteroatoms. The van der Waals surface area contributed by atoms with E-state index in [2.05, 4.69) is 26.2 Å². The number of aliphatic hydroxyl groups is 1. The molecule has 1 aliphatic rings. The van der Waals surface area contributed by atoms with Crippen LogP contribution in [0, 0.1) is 5.92 Å². The second kappa shape index (κ2) is 5.31. The standard InChI is InChI=1S/C13H26OSi/c1-11(10-15(2,3)4)9-12-7-5-6-8-13(12)14/h12-14H,1,5-10H2,2-4H3. The average molecular weight is 226 g/mol. The summed E-state index contributed by atoms with van der Waals surface area (Å²) >= 11 is 0. The second-order valence-electron chi connectivity index (χ2n) is 6.30. The molecule has 0 aromatic rings. The van der Waals surface area contributed by atoms with Gasteiger partial charge in [0.2, 0.25) is 0 Å². The summed E-state index contributed by atoms with van der Waals surface area (Å²) in [5, 5.41) is 9.89. The molecule has 2 atom stereocenters. The van der Waals surface area contributed by atoms with Gasteiger partial charge in [0, 0.05) is 8.07 Å². The van der Waals surface area contributed by atoms with Crippen LogP contribution in [0.2, 0.25) is 25.7 Å². The first-order valence-corrected chi connectivity index (χ1v) is 9.94.